The molecule has 0 spiro atoms. The van der Waals surface area contributed by atoms with E-state index < -0.39 is 0 Å². The van der Waals surface area contributed by atoms with Crippen molar-refractivity contribution in [3.05, 3.63) is 0 Å². The van der Waals surface area contributed by atoms with Gasteiger partial charge in [-0.25, -0.2) is 0 Å². The molecule has 1 unspecified atom stereocenters. The molecule has 3 N–H and O–H groups in total. The van der Waals surface area contributed by atoms with E-state index in [0.717, 1.165) is 0 Å². The summed E-state index contributed by atoms with van der Waals surface area (Å²) < 4.78 is 0. The summed E-state index contributed by atoms with van der Waals surface area (Å²) in [6.07, 6.45) is -0.304. The van der Waals surface area contributed by atoms with E-state index in [1.165, 1.54) is 0 Å². The van der Waals surface area contributed by atoms with Crippen molar-refractivity contribution in [3.63, 3.8) is 0 Å². The summed E-state index contributed by atoms with van der Waals surface area (Å²) >= 11 is 0. The molecule has 0 aliphatic rings. The Hall–Kier alpha value is -0.160. The number of hydrogen-bond acceptors (Lipinski definition) is 4. The first-order valence-corrected chi connectivity index (χ1v) is 4.16. The zero-order valence-electron chi connectivity index (χ0n) is 8.19. The minimum absolute atomic E-state index is 0.156. The fraction of sp³-hybridized carbons (Fsp3) is 1.00. The number of aliphatic hydroxyl groups excluding tert-OH is 3. The molecule has 76 valence electrons. The van der Waals surface area contributed by atoms with E-state index >= 15 is 0 Å². The Labute approximate surface area is 74.4 Å². The highest BCUT2D eigenvalue weighted by Gasteiger charge is 1.99. The molecule has 0 bridgehead atoms. The highest BCUT2D eigenvalue weighted by Crippen LogP contribution is 1.85. The van der Waals surface area contributed by atoms with E-state index in [9.17, 15) is 0 Å². The topological polar surface area (TPSA) is 63.9 Å². The second-order valence-electron chi connectivity index (χ2n) is 2.65. The van der Waals surface area contributed by atoms with Crippen LogP contribution in [0.3, 0.4) is 0 Å². The number of rotatable bonds is 4. The van der Waals surface area contributed by atoms with Gasteiger partial charge in [0.2, 0.25) is 0 Å². The van der Waals surface area contributed by atoms with E-state index in [-0.39, 0.29) is 19.3 Å². The van der Waals surface area contributed by atoms with Crippen LogP contribution in [0.5, 0.6) is 0 Å². The summed E-state index contributed by atoms with van der Waals surface area (Å²) in [5.41, 5.74) is 0. The number of hydrogen-bond donors (Lipinski definition) is 3. The minimum atomic E-state index is -0.304. The van der Waals surface area contributed by atoms with Gasteiger partial charge in [-0.05, 0) is 20.9 Å². The lowest BCUT2D eigenvalue weighted by atomic mass is 10.4. The highest BCUT2D eigenvalue weighted by molar-refractivity contribution is 4.53. The predicted molar refractivity (Wildman–Crippen MR) is 49.0 cm³/mol. The fourth-order valence-corrected chi connectivity index (χ4v) is 0.713. The third kappa shape index (κ3) is 16.4. The zero-order valence-corrected chi connectivity index (χ0v) is 8.19. The van der Waals surface area contributed by atoms with E-state index in [4.69, 9.17) is 15.3 Å². The van der Waals surface area contributed by atoms with Crippen molar-refractivity contribution < 1.29 is 15.3 Å². The summed E-state index contributed by atoms with van der Waals surface area (Å²) in [7, 11) is 1.86. The third-order valence-electron chi connectivity index (χ3n) is 1.06. The van der Waals surface area contributed by atoms with Crippen LogP contribution in [-0.2, 0) is 0 Å². The largest absolute Gasteiger partial charge is 0.397 e. The van der Waals surface area contributed by atoms with E-state index in [1.807, 2.05) is 11.9 Å². The molecule has 4 heteroatoms. The van der Waals surface area contributed by atoms with Crippen LogP contribution in [-0.4, -0.2) is 59.7 Å². The highest BCUT2D eigenvalue weighted by atomic mass is 16.3. The van der Waals surface area contributed by atoms with E-state index in [1.54, 1.807) is 13.8 Å². The van der Waals surface area contributed by atoms with Gasteiger partial charge >= 0.3 is 0 Å². The molecule has 0 aliphatic heterocycles. The zero-order chi connectivity index (χ0) is 9.98. The van der Waals surface area contributed by atoms with Gasteiger partial charge < -0.3 is 20.2 Å². The van der Waals surface area contributed by atoms with Gasteiger partial charge in [-0.15, -0.1) is 0 Å². The predicted octanol–water partition coefficient (Wildman–Crippen LogP) is -0.710. The van der Waals surface area contributed by atoms with Gasteiger partial charge in [-0.2, -0.15) is 0 Å². The van der Waals surface area contributed by atoms with Crippen LogP contribution < -0.4 is 0 Å². The molecule has 0 aliphatic carbocycles. The maximum absolute atomic E-state index is 8.83. The first-order chi connectivity index (χ1) is 5.58. The van der Waals surface area contributed by atoms with Crippen LogP contribution >= 0.6 is 0 Å². The molecule has 1 atom stereocenters. The lowest BCUT2D eigenvalue weighted by molar-refractivity contribution is 0.127. The van der Waals surface area contributed by atoms with Crippen molar-refractivity contribution in [2.24, 2.45) is 0 Å². The molecule has 0 radical (unpaired) electrons. The molecule has 4 nitrogen and oxygen atoms in total. The normalized spacial score (nSPS) is 12.2. The number of nitrogens with zero attached hydrogens (tertiary/aromatic N) is 1. The van der Waals surface area contributed by atoms with Gasteiger partial charge in [0, 0.05) is 19.7 Å². The Morgan fingerprint density at radius 1 is 1.33 bits per heavy atom. The van der Waals surface area contributed by atoms with Gasteiger partial charge in [-0.3, -0.25) is 0 Å². The van der Waals surface area contributed by atoms with E-state index in [0.29, 0.717) is 13.1 Å². The van der Waals surface area contributed by atoms with Gasteiger partial charge in [-0.1, -0.05) is 0 Å². The lowest BCUT2D eigenvalue weighted by Gasteiger charge is -2.15. The molecule has 0 heterocycles. The van der Waals surface area contributed by atoms with Crippen molar-refractivity contribution >= 4 is 0 Å². The lowest BCUT2D eigenvalue weighted by Crippen LogP contribution is -2.29. The molecule has 0 rings (SSSR count). The molecule has 0 saturated carbocycles. The van der Waals surface area contributed by atoms with Crippen molar-refractivity contribution in [3.8, 4) is 0 Å². The molecule has 0 saturated heterocycles. The smallest absolute Gasteiger partial charge is 0.0638 e. The van der Waals surface area contributed by atoms with Gasteiger partial charge in [0.15, 0.2) is 0 Å². The summed E-state index contributed by atoms with van der Waals surface area (Å²) in [4.78, 5) is 1.88. The second-order valence-corrected chi connectivity index (χ2v) is 2.65. The monoisotopic (exact) mass is 179 g/mol. The first kappa shape index (κ1) is 14.4. The number of aliphatic hydroxyl groups is 3. The molecule has 0 aromatic heterocycles. The minimum Gasteiger partial charge on any atom is -0.397 e. The van der Waals surface area contributed by atoms with E-state index in [2.05, 4.69) is 0 Å². The SMILES string of the molecule is CC(O)CN(C)CCO.CCO. The summed E-state index contributed by atoms with van der Waals surface area (Å²) in [5, 5.41) is 24.8. The maximum Gasteiger partial charge on any atom is 0.0638 e. The van der Waals surface area contributed by atoms with Crippen molar-refractivity contribution in [2.75, 3.05) is 33.4 Å². The van der Waals surface area contributed by atoms with Gasteiger partial charge in [0.05, 0.1) is 12.7 Å². The molecule has 0 amide bonds. The van der Waals surface area contributed by atoms with Crippen molar-refractivity contribution in [2.45, 2.75) is 20.0 Å². The molecular formula is C8H21NO3. The van der Waals surface area contributed by atoms with Crippen LogP contribution in [0.15, 0.2) is 0 Å². The molecule has 12 heavy (non-hydrogen) atoms. The summed E-state index contributed by atoms with van der Waals surface area (Å²) in [5.74, 6) is 0. The van der Waals surface area contributed by atoms with Crippen LogP contribution in [0.2, 0.25) is 0 Å². The Balaban J connectivity index is 0. The Morgan fingerprint density at radius 2 is 1.75 bits per heavy atom. The molecule has 0 fully saturated rings. The summed E-state index contributed by atoms with van der Waals surface area (Å²) in [6.45, 7) is 5.07. The van der Waals surface area contributed by atoms with Crippen LogP contribution in [0.25, 0.3) is 0 Å². The average molecular weight is 179 g/mol. The molecule has 0 aromatic rings. The first-order valence-electron chi connectivity index (χ1n) is 4.16. The van der Waals surface area contributed by atoms with Crippen molar-refractivity contribution in [1.82, 2.24) is 4.90 Å². The Kier molecular flexibility index (Phi) is 13.0. The van der Waals surface area contributed by atoms with Gasteiger partial charge in [0.25, 0.3) is 0 Å². The standard InChI is InChI=1S/C6H15NO2.C2H6O/c1-6(9)5-7(2)3-4-8;1-2-3/h6,8-9H,3-5H2,1-2H3;3H,2H2,1H3. The second kappa shape index (κ2) is 10.8. The Morgan fingerprint density at radius 3 is 2.00 bits per heavy atom. The third-order valence-corrected chi connectivity index (χ3v) is 1.06. The fourth-order valence-electron chi connectivity index (χ4n) is 0.713. The molecule has 0 aromatic carbocycles. The Bertz CT molecular complexity index is 78.7. The average Bonchev–Trinajstić information content (AvgIpc) is 1.87. The van der Waals surface area contributed by atoms with Crippen LogP contribution in [0.4, 0.5) is 0 Å². The van der Waals surface area contributed by atoms with Crippen molar-refractivity contribution in [1.29, 1.82) is 0 Å². The van der Waals surface area contributed by atoms with Gasteiger partial charge in [0.1, 0.15) is 0 Å². The number of likely N-dealkylation sites (N-methyl/N-ethyl adjacent to an activating group) is 1. The van der Waals surface area contributed by atoms with Crippen LogP contribution in [0.1, 0.15) is 13.8 Å². The molecular weight excluding hydrogens is 158 g/mol. The maximum atomic E-state index is 8.83. The quantitative estimate of drug-likeness (QED) is 0.533. The summed E-state index contributed by atoms with van der Waals surface area (Å²) in [6, 6.07) is 0. The van der Waals surface area contributed by atoms with Crippen LogP contribution in [0, 0.1) is 0 Å².